The van der Waals surface area contributed by atoms with Crippen molar-refractivity contribution in [1.82, 2.24) is 9.88 Å². The van der Waals surface area contributed by atoms with Crippen LogP contribution in [0.5, 0.6) is 0 Å². The highest BCUT2D eigenvalue weighted by Gasteiger charge is 2.46. The number of rotatable bonds is 5. The van der Waals surface area contributed by atoms with Gasteiger partial charge in [0.2, 0.25) is 0 Å². The van der Waals surface area contributed by atoms with Gasteiger partial charge < -0.3 is 15.5 Å². The summed E-state index contributed by atoms with van der Waals surface area (Å²) < 4.78 is 27.7. The number of piperidine rings is 1. The number of carbonyl (C=O) groups is 2. The molecule has 2 aliphatic heterocycles. The fraction of sp³-hybridized carbons (Fsp3) is 0.567. The summed E-state index contributed by atoms with van der Waals surface area (Å²) in [6.07, 6.45) is 11.2. The van der Waals surface area contributed by atoms with Crippen molar-refractivity contribution in [3.8, 4) is 0 Å². The molecule has 4 fully saturated rings. The Labute approximate surface area is 234 Å². The van der Waals surface area contributed by atoms with E-state index in [0.29, 0.717) is 48.0 Å². The van der Waals surface area contributed by atoms with Crippen LogP contribution in [0.15, 0.2) is 40.0 Å². The average molecular weight is 565 g/mol. The lowest BCUT2D eigenvalue weighted by Crippen LogP contribution is -2.47. The molecule has 0 unspecified atom stereocenters. The van der Waals surface area contributed by atoms with Crippen LogP contribution in [0.25, 0.3) is 0 Å². The molecule has 3 saturated carbocycles. The first kappa shape index (κ1) is 25.8. The normalized spacial score (nSPS) is 23.0. The number of nitrogens with zero attached hydrogens (tertiary/aromatic N) is 2. The number of nitrogens with one attached hydrogen (secondary N) is 2. The third-order valence-electron chi connectivity index (χ3n) is 9.90. The predicted octanol–water partition coefficient (Wildman–Crippen LogP) is 4.17. The smallest absolute Gasteiger partial charge is 0.276 e. The number of anilines is 2. The lowest BCUT2D eigenvalue weighted by molar-refractivity contribution is 0.0903. The van der Waals surface area contributed by atoms with Crippen LogP contribution < -0.4 is 21.1 Å². The number of aromatic nitrogens is 1. The Hall–Kier alpha value is -3.14. The monoisotopic (exact) mass is 564 g/mol. The summed E-state index contributed by atoms with van der Waals surface area (Å²) in [7, 11) is -3.43. The van der Waals surface area contributed by atoms with E-state index in [2.05, 4.69) is 15.5 Å². The van der Waals surface area contributed by atoms with E-state index >= 15 is 0 Å². The van der Waals surface area contributed by atoms with Crippen LogP contribution in [0.3, 0.4) is 0 Å². The fourth-order valence-corrected chi connectivity index (χ4v) is 8.71. The highest BCUT2D eigenvalue weighted by Crippen LogP contribution is 2.54. The zero-order valence-electron chi connectivity index (χ0n) is 22.7. The SMILES string of the molecule is O=C(Nc1ccc2n(c1=O)C1(CCCCCC1)NC2=O)c1ccc(S(=O)(=O)C2CC2)cc1N1CCC2(CC1)CC2. The molecule has 5 aliphatic rings. The van der Waals surface area contributed by atoms with Gasteiger partial charge in [-0.3, -0.25) is 19.0 Å². The first-order valence-electron chi connectivity index (χ1n) is 14.7. The Morgan fingerprint density at radius 3 is 2.25 bits per heavy atom. The number of pyridine rings is 1. The Kier molecular flexibility index (Phi) is 5.93. The van der Waals surface area contributed by atoms with Crippen molar-refractivity contribution in [3.05, 3.63) is 51.9 Å². The van der Waals surface area contributed by atoms with Gasteiger partial charge in [0, 0.05) is 13.1 Å². The Bertz CT molecular complexity index is 1550. The summed E-state index contributed by atoms with van der Waals surface area (Å²) in [5.74, 6) is -0.716. The number of hydrogen-bond acceptors (Lipinski definition) is 6. The molecule has 9 nitrogen and oxygen atoms in total. The van der Waals surface area contributed by atoms with Crippen LogP contribution in [0.2, 0.25) is 0 Å². The second kappa shape index (κ2) is 9.19. The van der Waals surface area contributed by atoms with E-state index in [4.69, 9.17) is 0 Å². The number of amides is 2. The Morgan fingerprint density at radius 1 is 0.900 bits per heavy atom. The van der Waals surface area contributed by atoms with Gasteiger partial charge in [0.1, 0.15) is 17.0 Å². The van der Waals surface area contributed by atoms with Crippen molar-refractivity contribution in [1.29, 1.82) is 0 Å². The minimum Gasteiger partial charge on any atom is -0.371 e. The summed E-state index contributed by atoms with van der Waals surface area (Å²) in [5, 5.41) is 5.56. The molecule has 1 aromatic heterocycles. The van der Waals surface area contributed by atoms with Crippen molar-refractivity contribution in [2.45, 2.75) is 92.9 Å². The van der Waals surface area contributed by atoms with Gasteiger partial charge in [-0.05, 0) is 100.0 Å². The molecule has 3 aliphatic carbocycles. The standard InChI is InChI=1S/C30H36N4O5S/c35-26(31-23-9-10-24-27(36)32-30(34(24)28(23)37)11-3-1-2-4-12-30)22-8-7-21(40(38,39)20-5-6-20)19-25(22)33-17-15-29(13-14-29)16-18-33/h7-10,19-20H,1-6,11-18H2,(H,31,35)(H,32,36). The molecule has 40 heavy (non-hydrogen) atoms. The average Bonchev–Trinajstić information content (AvgIpc) is 3.86. The van der Waals surface area contributed by atoms with Crippen molar-refractivity contribution in [2.75, 3.05) is 23.3 Å². The van der Waals surface area contributed by atoms with Gasteiger partial charge in [0.05, 0.1) is 21.4 Å². The van der Waals surface area contributed by atoms with Gasteiger partial charge in [-0.15, -0.1) is 0 Å². The van der Waals surface area contributed by atoms with Gasteiger partial charge in [-0.25, -0.2) is 8.42 Å². The van der Waals surface area contributed by atoms with E-state index in [-0.39, 0.29) is 21.7 Å². The summed E-state index contributed by atoms with van der Waals surface area (Å²) in [6.45, 7) is 1.54. The molecule has 0 bridgehead atoms. The molecule has 0 radical (unpaired) electrons. The van der Waals surface area contributed by atoms with Gasteiger partial charge in [-0.1, -0.05) is 12.8 Å². The lowest BCUT2D eigenvalue weighted by atomic mass is 9.93. The molecule has 10 heteroatoms. The van der Waals surface area contributed by atoms with Gasteiger partial charge in [0.15, 0.2) is 9.84 Å². The third-order valence-corrected chi connectivity index (χ3v) is 12.2. The first-order chi connectivity index (χ1) is 19.2. The van der Waals surface area contributed by atoms with Crippen molar-refractivity contribution in [2.24, 2.45) is 5.41 Å². The maximum absolute atomic E-state index is 13.8. The molecule has 1 saturated heterocycles. The molecular weight excluding hydrogens is 528 g/mol. The van der Waals surface area contributed by atoms with Crippen LogP contribution >= 0.6 is 0 Å². The van der Waals surface area contributed by atoms with Crippen LogP contribution in [-0.4, -0.2) is 43.1 Å². The van der Waals surface area contributed by atoms with Gasteiger partial charge in [0.25, 0.3) is 17.4 Å². The van der Waals surface area contributed by atoms with Crippen molar-refractivity contribution in [3.63, 3.8) is 0 Å². The fourth-order valence-electron chi connectivity index (χ4n) is 7.03. The van der Waals surface area contributed by atoms with E-state index < -0.39 is 27.0 Å². The van der Waals surface area contributed by atoms with E-state index in [1.54, 1.807) is 22.8 Å². The maximum atomic E-state index is 13.8. The molecule has 2 N–H and O–H groups in total. The largest absolute Gasteiger partial charge is 0.371 e. The molecule has 7 rings (SSSR count). The van der Waals surface area contributed by atoms with E-state index in [1.165, 1.54) is 25.0 Å². The molecule has 3 heterocycles. The summed E-state index contributed by atoms with van der Waals surface area (Å²) >= 11 is 0. The topological polar surface area (TPSA) is 118 Å². The quantitative estimate of drug-likeness (QED) is 0.563. The minimum absolute atomic E-state index is 0.116. The minimum atomic E-state index is -3.43. The van der Waals surface area contributed by atoms with Crippen LogP contribution in [0.4, 0.5) is 11.4 Å². The Balaban J connectivity index is 1.23. The lowest BCUT2D eigenvalue weighted by Gasteiger charge is -2.35. The van der Waals surface area contributed by atoms with E-state index in [1.807, 2.05) is 0 Å². The molecule has 2 aromatic rings. The number of fused-ring (bicyclic) bond motifs is 2. The van der Waals surface area contributed by atoms with Crippen molar-refractivity contribution < 1.29 is 18.0 Å². The third kappa shape index (κ3) is 4.26. The summed E-state index contributed by atoms with van der Waals surface area (Å²) in [4.78, 5) is 42.7. The number of hydrogen-bond donors (Lipinski definition) is 2. The second-order valence-corrected chi connectivity index (χ2v) is 14.8. The number of sulfone groups is 1. The van der Waals surface area contributed by atoms with E-state index in [0.717, 1.165) is 51.6 Å². The molecule has 1 aromatic carbocycles. The molecule has 2 amide bonds. The van der Waals surface area contributed by atoms with Crippen molar-refractivity contribution >= 4 is 33.0 Å². The summed E-state index contributed by atoms with van der Waals surface area (Å²) in [5.41, 5.74) is 0.673. The predicted molar refractivity (Wildman–Crippen MR) is 152 cm³/mol. The molecule has 2 spiro atoms. The second-order valence-electron chi connectivity index (χ2n) is 12.5. The number of carbonyl (C=O) groups excluding carboxylic acids is 2. The highest BCUT2D eigenvalue weighted by molar-refractivity contribution is 7.92. The van der Waals surface area contributed by atoms with Crippen LogP contribution in [0.1, 0.15) is 97.9 Å². The maximum Gasteiger partial charge on any atom is 0.276 e. The molecular formula is C30H36N4O5S. The highest BCUT2D eigenvalue weighted by atomic mass is 32.2. The Morgan fingerprint density at radius 2 is 1.60 bits per heavy atom. The molecule has 212 valence electrons. The zero-order valence-corrected chi connectivity index (χ0v) is 23.5. The number of benzene rings is 1. The van der Waals surface area contributed by atoms with Crippen LogP contribution in [0, 0.1) is 5.41 Å². The van der Waals surface area contributed by atoms with E-state index in [9.17, 15) is 22.8 Å². The summed E-state index contributed by atoms with van der Waals surface area (Å²) in [6, 6.07) is 7.89. The van der Waals surface area contributed by atoms with Gasteiger partial charge in [-0.2, -0.15) is 0 Å². The zero-order chi connectivity index (χ0) is 27.7. The first-order valence-corrected chi connectivity index (χ1v) is 16.3. The van der Waals surface area contributed by atoms with Crippen LogP contribution in [-0.2, 0) is 15.5 Å². The molecule has 0 atom stereocenters. The van der Waals surface area contributed by atoms with Gasteiger partial charge >= 0.3 is 0 Å².